The van der Waals surface area contributed by atoms with Crippen LogP contribution in [0.25, 0.3) is 0 Å². The predicted molar refractivity (Wildman–Crippen MR) is 81.4 cm³/mol. The number of nitrogens with one attached hydrogen (secondary N) is 1. The molecule has 0 aliphatic heterocycles. The van der Waals surface area contributed by atoms with E-state index in [-0.39, 0.29) is 18.6 Å². The van der Waals surface area contributed by atoms with Crippen LogP contribution in [-0.4, -0.2) is 30.6 Å². The molecule has 0 spiro atoms. The molecule has 1 amide bonds. The molecule has 1 saturated carbocycles. The minimum atomic E-state index is -0.824. The second-order valence-corrected chi connectivity index (χ2v) is 6.07. The Hall–Kier alpha value is -1.27. The zero-order valence-electron chi connectivity index (χ0n) is 11.4. The number of carbonyl (C=O) groups excluding carboxylic acids is 2. The van der Waals surface area contributed by atoms with E-state index in [9.17, 15) is 9.59 Å². The fourth-order valence-electron chi connectivity index (χ4n) is 1.56. The summed E-state index contributed by atoms with van der Waals surface area (Å²) in [7, 11) is 0. The molecule has 1 atom stereocenters. The van der Waals surface area contributed by atoms with E-state index in [1.165, 1.54) is 6.92 Å². The third-order valence-corrected chi connectivity index (χ3v) is 3.70. The van der Waals surface area contributed by atoms with Crippen molar-refractivity contribution in [2.45, 2.75) is 31.9 Å². The largest absolute Gasteiger partial charge is 0.481 e. The fraction of sp³-hybridized carbons (Fsp3) is 0.429. The summed E-state index contributed by atoms with van der Waals surface area (Å²) in [6.07, 6.45) is 1.15. The summed E-state index contributed by atoms with van der Waals surface area (Å²) in [5, 5.41) is 3.33. The molecule has 0 aromatic heterocycles. The second-order valence-electron chi connectivity index (χ2n) is 4.78. The van der Waals surface area contributed by atoms with Gasteiger partial charge in [0, 0.05) is 11.1 Å². The maximum atomic E-state index is 11.6. The maximum absolute atomic E-state index is 11.6. The van der Waals surface area contributed by atoms with E-state index in [1.54, 1.807) is 18.2 Å². The first-order valence-electron chi connectivity index (χ1n) is 6.53. The highest BCUT2D eigenvalue weighted by molar-refractivity contribution is 9.10. The number of ether oxygens (including phenoxy) is 2. The number of halogens is 2. The number of rotatable bonds is 6. The van der Waals surface area contributed by atoms with Crippen LogP contribution in [0.5, 0.6) is 5.75 Å². The molecule has 114 valence electrons. The Balaban J connectivity index is 1.77. The Morgan fingerprint density at radius 1 is 1.48 bits per heavy atom. The van der Waals surface area contributed by atoms with Crippen LogP contribution in [0.1, 0.15) is 19.8 Å². The lowest BCUT2D eigenvalue weighted by molar-refractivity contribution is -0.156. The third kappa shape index (κ3) is 5.21. The van der Waals surface area contributed by atoms with E-state index in [0.717, 1.165) is 12.8 Å². The van der Waals surface area contributed by atoms with Crippen molar-refractivity contribution in [3.05, 3.63) is 27.7 Å². The molecular formula is C14H15BrClNO4. The minimum Gasteiger partial charge on any atom is -0.481 e. The van der Waals surface area contributed by atoms with E-state index in [2.05, 4.69) is 21.2 Å². The van der Waals surface area contributed by atoms with E-state index in [4.69, 9.17) is 21.1 Å². The molecule has 0 saturated heterocycles. The Morgan fingerprint density at radius 3 is 2.81 bits per heavy atom. The monoisotopic (exact) mass is 375 g/mol. The van der Waals surface area contributed by atoms with Crippen LogP contribution in [0, 0.1) is 0 Å². The normalized spacial score (nSPS) is 15.2. The van der Waals surface area contributed by atoms with Crippen LogP contribution in [0.3, 0.4) is 0 Å². The summed E-state index contributed by atoms with van der Waals surface area (Å²) in [6, 6.07) is 5.19. The van der Waals surface area contributed by atoms with Crippen molar-refractivity contribution in [3.63, 3.8) is 0 Å². The van der Waals surface area contributed by atoms with Gasteiger partial charge in [-0.15, -0.1) is 0 Å². The van der Waals surface area contributed by atoms with Gasteiger partial charge >= 0.3 is 5.97 Å². The SMILES string of the molecule is C[C@H](OC(=O)COc1ccc(Cl)cc1Br)C(=O)NC1CC1. The zero-order valence-corrected chi connectivity index (χ0v) is 13.7. The lowest BCUT2D eigenvalue weighted by Gasteiger charge is -2.14. The smallest absolute Gasteiger partial charge is 0.344 e. The molecule has 1 N–H and O–H groups in total. The fourth-order valence-corrected chi connectivity index (χ4v) is 2.36. The van der Waals surface area contributed by atoms with Crippen molar-refractivity contribution in [2.24, 2.45) is 0 Å². The first-order valence-corrected chi connectivity index (χ1v) is 7.70. The number of carbonyl (C=O) groups is 2. The summed E-state index contributed by atoms with van der Waals surface area (Å²) in [4.78, 5) is 23.3. The molecule has 0 radical (unpaired) electrons. The Labute approximate surface area is 136 Å². The average molecular weight is 377 g/mol. The van der Waals surface area contributed by atoms with E-state index in [0.29, 0.717) is 15.2 Å². The standard InChI is InChI=1S/C14H15BrClNO4/c1-8(14(19)17-10-3-4-10)21-13(18)7-20-12-5-2-9(16)6-11(12)15/h2,5-6,8,10H,3-4,7H2,1H3,(H,17,19)/t8-/m0/s1. The topological polar surface area (TPSA) is 64.6 Å². The number of hydrogen-bond donors (Lipinski definition) is 1. The highest BCUT2D eigenvalue weighted by atomic mass is 79.9. The van der Waals surface area contributed by atoms with Crippen LogP contribution >= 0.6 is 27.5 Å². The van der Waals surface area contributed by atoms with Gasteiger partial charge in [0.15, 0.2) is 12.7 Å². The highest BCUT2D eigenvalue weighted by Crippen LogP contribution is 2.27. The average Bonchev–Trinajstić information content (AvgIpc) is 3.21. The zero-order chi connectivity index (χ0) is 15.4. The molecule has 1 aliphatic carbocycles. The molecule has 5 nitrogen and oxygen atoms in total. The van der Waals surface area contributed by atoms with Gasteiger partial charge in [0.05, 0.1) is 4.47 Å². The van der Waals surface area contributed by atoms with Gasteiger partial charge in [-0.3, -0.25) is 4.79 Å². The summed E-state index contributed by atoms with van der Waals surface area (Å²) in [6.45, 7) is 1.26. The molecule has 0 heterocycles. The van der Waals surface area contributed by atoms with Crippen molar-refractivity contribution in [1.29, 1.82) is 0 Å². The van der Waals surface area contributed by atoms with E-state index < -0.39 is 12.1 Å². The molecule has 1 aromatic rings. The van der Waals surface area contributed by atoms with Crippen molar-refractivity contribution in [3.8, 4) is 5.75 Å². The number of hydrogen-bond acceptors (Lipinski definition) is 4. The van der Waals surface area contributed by atoms with Crippen LogP contribution in [0.2, 0.25) is 5.02 Å². The van der Waals surface area contributed by atoms with Crippen molar-refractivity contribution in [2.75, 3.05) is 6.61 Å². The van der Waals surface area contributed by atoms with Gasteiger partial charge in [-0.2, -0.15) is 0 Å². The van der Waals surface area contributed by atoms with E-state index >= 15 is 0 Å². The van der Waals surface area contributed by atoms with Gasteiger partial charge in [-0.25, -0.2) is 4.79 Å². The van der Waals surface area contributed by atoms with Gasteiger partial charge in [0.2, 0.25) is 0 Å². The first-order chi connectivity index (χ1) is 9.95. The van der Waals surface area contributed by atoms with Crippen molar-refractivity contribution < 1.29 is 19.1 Å². The predicted octanol–water partition coefficient (Wildman–Crippen LogP) is 2.69. The van der Waals surface area contributed by atoms with Crippen molar-refractivity contribution >= 4 is 39.4 Å². The van der Waals surface area contributed by atoms with Gasteiger partial charge in [-0.1, -0.05) is 11.6 Å². The molecule has 2 rings (SSSR count). The van der Waals surface area contributed by atoms with E-state index in [1.807, 2.05) is 0 Å². The molecule has 7 heteroatoms. The Morgan fingerprint density at radius 2 is 2.19 bits per heavy atom. The summed E-state index contributed by atoms with van der Waals surface area (Å²) < 4.78 is 11.0. The van der Waals surface area contributed by atoms with Crippen LogP contribution < -0.4 is 10.1 Å². The Bertz CT molecular complexity index is 548. The Kier molecular flexibility index (Phi) is 5.47. The van der Waals surface area contributed by atoms with Gasteiger partial charge in [0.25, 0.3) is 5.91 Å². The van der Waals surface area contributed by atoms with Crippen LogP contribution in [0.4, 0.5) is 0 Å². The highest BCUT2D eigenvalue weighted by Gasteiger charge is 2.27. The lowest BCUT2D eigenvalue weighted by Crippen LogP contribution is -2.37. The molecule has 1 aromatic carbocycles. The maximum Gasteiger partial charge on any atom is 0.344 e. The second kappa shape index (κ2) is 7.13. The van der Waals surface area contributed by atoms with Gasteiger partial charge in [0.1, 0.15) is 5.75 Å². The van der Waals surface area contributed by atoms with Crippen molar-refractivity contribution in [1.82, 2.24) is 5.32 Å². The molecule has 0 bridgehead atoms. The third-order valence-electron chi connectivity index (χ3n) is 2.84. The summed E-state index contributed by atoms with van der Waals surface area (Å²) in [5.74, 6) is -0.403. The number of benzene rings is 1. The van der Waals surface area contributed by atoms with Crippen LogP contribution in [0.15, 0.2) is 22.7 Å². The molecule has 1 aliphatic rings. The molecule has 1 fully saturated rings. The summed E-state index contributed by atoms with van der Waals surface area (Å²) >= 11 is 9.09. The quantitative estimate of drug-likeness (QED) is 0.775. The number of amides is 1. The number of esters is 1. The minimum absolute atomic E-state index is 0.236. The molecule has 0 unspecified atom stereocenters. The summed E-state index contributed by atoms with van der Waals surface area (Å²) in [5.41, 5.74) is 0. The first kappa shape index (κ1) is 16.1. The van der Waals surface area contributed by atoms with Gasteiger partial charge < -0.3 is 14.8 Å². The lowest BCUT2D eigenvalue weighted by atomic mass is 10.3. The molecule has 21 heavy (non-hydrogen) atoms. The van der Waals surface area contributed by atoms with Gasteiger partial charge in [-0.05, 0) is 53.9 Å². The van der Waals surface area contributed by atoms with Crippen LogP contribution in [-0.2, 0) is 14.3 Å². The molecular weight excluding hydrogens is 362 g/mol.